The molecular formula is C17H25N3O3S. The molecule has 3 amide bonds. The molecule has 1 rings (SSSR count). The molecule has 1 unspecified atom stereocenters. The van der Waals surface area contributed by atoms with Crippen molar-refractivity contribution in [2.75, 3.05) is 12.3 Å². The molecule has 1 aromatic rings. The Bertz CT molecular complexity index is 561. The first-order chi connectivity index (χ1) is 11.4. The van der Waals surface area contributed by atoms with Gasteiger partial charge in [-0.05, 0) is 36.8 Å². The van der Waals surface area contributed by atoms with Crippen LogP contribution >= 0.6 is 11.8 Å². The van der Waals surface area contributed by atoms with Crippen molar-refractivity contribution < 1.29 is 14.4 Å². The smallest absolute Gasteiger partial charge is 0.251 e. The molecule has 0 saturated carbocycles. The number of carbonyl (C=O) groups excluding carboxylic acids is 3. The molecule has 0 aromatic heterocycles. The zero-order chi connectivity index (χ0) is 17.9. The highest BCUT2D eigenvalue weighted by atomic mass is 32.2. The lowest BCUT2D eigenvalue weighted by molar-refractivity contribution is -0.120. The van der Waals surface area contributed by atoms with E-state index in [0.717, 1.165) is 24.2 Å². The van der Waals surface area contributed by atoms with Gasteiger partial charge in [-0.25, -0.2) is 0 Å². The van der Waals surface area contributed by atoms with Crippen molar-refractivity contribution in [1.29, 1.82) is 0 Å². The monoisotopic (exact) mass is 351 g/mol. The first-order valence-electron chi connectivity index (χ1n) is 7.98. The minimum atomic E-state index is -0.589. The van der Waals surface area contributed by atoms with Crippen LogP contribution in [0.15, 0.2) is 24.3 Å². The summed E-state index contributed by atoms with van der Waals surface area (Å²) in [5.41, 5.74) is 6.32. The summed E-state index contributed by atoms with van der Waals surface area (Å²) in [4.78, 5) is 34.4. The van der Waals surface area contributed by atoms with Gasteiger partial charge in [-0.15, -0.1) is 11.8 Å². The van der Waals surface area contributed by atoms with E-state index in [4.69, 9.17) is 5.73 Å². The van der Waals surface area contributed by atoms with Gasteiger partial charge in [-0.3, -0.25) is 14.4 Å². The van der Waals surface area contributed by atoms with Crippen molar-refractivity contribution in [3.05, 3.63) is 35.4 Å². The van der Waals surface area contributed by atoms with Gasteiger partial charge in [0.15, 0.2) is 0 Å². The van der Waals surface area contributed by atoms with E-state index in [0.29, 0.717) is 12.1 Å². The summed E-state index contributed by atoms with van der Waals surface area (Å²) in [6.07, 6.45) is 2.24. The minimum Gasteiger partial charge on any atom is -0.368 e. The number of amides is 3. The van der Waals surface area contributed by atoms with Gasteiger partial charge in [0.2, 0.25) is 11.8 Å². The number of nitrogens with two attached hydrogens (primary N) is 1. The highest BCUT2D eigenvalue weighted by molar-refractivity contribution is 8.00. The van der Waals surface area contributed by atoms with Crippen LogP contribution in [-0.2, 0) is 16.1 Å². The van der Waals surface area contributed by atoms with Crippen LogP contribution in [-0.4, -0.2) is 35.3 Å². The quantitative estimate of drug-likeness (QED) is 0.555. The average molecular weight is 351 g/mol. The van der Waals surface area contributed by atoms with Crippen molar-refractivity contribution in [1.82, 2.24) is 10.6 Å². The fourth-order valence-electron chi connectivity index (χ4n) is 1.86. The molecule has 7 heteroatoms. The number of hydrogen-bond acceptors (Lipinski definition) is 4. The van der Waals surface area contributed by atoms with Gasteiger partial charge in [0, 0.05) is 12.1 Å². The molecule has 132 valence electrons. The fourth-order valence-corrected chi connectivity index (χ4v) is 2.90. The third kappa shape index (κ3) is 7.50. The molecule has 0 heterocycles. The number of carbonyl (C=O) groups is 3. The molecule has 24 heavy (non-hydrogen) atoms. The van der Waals surface area contributed by atoms with Crippen LogP contribution in [0, 0.1) is 0 Å². The highest BCUT2D eigenvalue weighted by Crippen LogP contribution is 2.13. The predicted molar refractivity (Wildman–Crippen MR) is 96.6 cm³/mol. The third-order valence-electron chi connectivity index (χ3n) is 3.34. The van der Waals surface area contributed by atoms with E-state index in [1.165, 1.54) is 0 Å². The Morgan fingerprint density at radius 2 is 1.83 bits per heavy atom. The van der Waals surface area contributed by atoms with Gasteiger partial charge in [0.1, 0.15) is 0 Å². The van der Waals surface area contributed by atoms with E-state index in [2.05, 4.69) is 17.6 Å². The van der Waals surface area contributed by atoms with Crippen molar-refractivity contribution in [3.8, 4) is 0 Å². The Kier molecular flexibility index (Phi) is 8.93. The molecule has 0 radical (unpaired) electrons. The Labute approximate surface area is 146 Å². The SMILES string of the molecule is CCCCSC(C)C(=O)NCc1ccc(C(=O)NCC(N)=O)cc1. The number of unbranched alkanes of at least 4 members (excludes halogenated alkanes) is 1. The maximum absolute atomic E-state index is 12.0. The molecule has 0 aliphatic heterocycles. The van der Waals surface area contributed by atoms with Crippen LogP contribution < -0.4 is 16.4 Å². The zero-order valence-electron chi connectivity index (χ0n) is 14.1. The molecule has 0 aliphatic rings. The topological polar surface area (TPSA) is 101 Å². The molecule has 0 spiro atoms. The van der Waals surface area contributed by atoms with E-state index in [9.17, 15) is 14.4 Å². The second-order valence-electron chi connectivity index (χ2n) is 5.43. The molecule has 1 aromatic carbocycles. The van der Waals surface area contributed by atoms with Crippen molar-refractivity contribution in [3.63, 3.8) is 0 Å². The van der Waals surface area contributed by atoms with Gasteiger partial charge in [-0.1, -0.05) is 25.5 Å². The first-order valence-corrected chi connectivity index (χ1v) is 9.03. The Hall–Kier alpha value is -2.02. The van der Waals surface area contributed by atoms with E-state index >= 15 is 0 Å². The number of primary amides is 1. The average Bonchev–Trinajstić information content (AvgIpc) is 2.58. The molecule has 6 nitrogen and oxygen atoms in total. The third-order valence-corrected chi connectivity index (χ3v) is 4.58. The van der Waals surface area contributed by atoms with Crippen LogP contribution in [0.1, 0.15) is 42.6 Å². The molecule has 0 aliphatic carbocycles. The second kappa shape index (κ2) is 10.7. The number of hydrogen-bond donors (Lipinski definition) is 3. The summed E-state index contributed by atoms with van der Waals surface area (Å²) in [5.74, 6) is 0.0542. The zero-order valence-corrected chi connectivity index (χ0v) is 14.9. The fraction of sp³-hybridized carbons (Fsp3) is 0.471. The number of thioether (sulfide) groups is 1. The lowest BCUT2D eigenvalue weighted by Crippen LogP contribution is -2.33. The van der Waals surface area contributed by atoms with E-state index in [-0.39, 0.29) is 23.6 Å². The standard InChI is InChI=1S/C17H25N3O3S/c1-3-4-9-24-12(2)16(22)19-10-13-5-7-14(8-6-13)17(23)20-11-15(18)21/h5-8,12H,3-4,9-11H2,1-2H3,(H2,18,21)(H,19,22)(H,20,23). The summed E-state index contributed by atoms with van der Waals surface area (Å²) in [6, 6.07) is 6.84. The Balaban J connectivity index is 2.42. The first kappa shape index (κ1) is 20.0. The lowest BCUT2D eigenvalue weighted by Gasteiger charge is -2.12. The van der Waals surface area contributed by atoms with Crippen LogP contribution in [0.5, 0.6) is 0 Å². The largest absolute Gasteiger partial charge is 0.368 e. The molecule has 0 saturated heterocycles. The summed E-state index contributed by atoms with van der Waals surface area (Å²) in [7, 11) is 0. The predicted octanol–water partition coefficient (Wildman–Crippen LogP) is 1.44. The molecular weight excluding hydrogens is 326 g/mol. The number of rotatable bonds is 10. The van der Waals surface area contributed by atoms with Gasteiger partial charge in [0.05, 0.1) is 11.8 Å². The number of nitrogens with one attached hydrogen (secondary N) is 2. The molecule has 0 bridgehead atoms. The number of benzene rings is 1. The minimum absolute atomic E-state index is 0.0133. The maximum Gasteiger partial charge on any atom is 0.251 e. The second-order valence-corrected chi connectivity index (χ2v) is 6.88. The van der Waals surface area contributed by atoms with Crippen LogP contribution in [0.25, 0.3) is 0 Å². The van der Waals surface area contributed by atoms with E-state index in [1.807, 2.05) is 6.92 Å². The van der Waals surface area contributed by atoms with Crippen LogP contribution in [0.2, 0.25) is 0 Å². The van der Waals surface area contributed by atoms with Gasteiger partial charge < -0.3 is 16.4 Å². The van der Waals surface area contributed by atoms with Gasteiger partial charge in [-0.2, -0.15) is 0 Å². The van der Waals surface area contributed by atoms with Crippen LogP contribution in [0.3, 0.4) is 0 Å². The van der Waals surface area contributed by atoms with Crippen LogP contribution in [0.4, 0.5) is 0 Å². The van der Waals surface area contributed by atoms with Crippen molar-refractivity contribution >= 4 is 29.5 Å². The molecule has 4 N–H and O–H groups in total. The van der Waals surface area contributed by atoms with Gasteiger partial charge >= 0.3 is 0 Å². The summed E-state index contributed by atoms with van der Waals surface area (Å²) >= 11 is 1.66. The molecule has 0 fully saturated rings. The van der Waals surface area contributed by atoms with Crippen molar-refractivity contribution in [2.45, 2.75) is 38.5 Å². The van der Waals surface area contributed by atoms with E-state index in [1.54, 1.807) is 36.0 Å². The summed E-state index contributed by atoms with van der Waals surface area (Å²) in [5, 5.41) is 5.24. The van der Waals surface area contributed by atoms with E-state index < -0.39 is 5.91 Å². The van der Waals surface area contributed by atoms with Crippen molar-refractivity contribution in [2.24, 2.45) is 5.73 Å². The Morgan fingerprint density at radius 1 is 1.17 bits per heavy atom. The molecule has 1 atom stereocenters. The summed E-state index contributed by atoms with van der Waals surface area (Å²) < 4.78 is 0. The Morgan fingerprint density at radius 3 is 2.42 bits per heavy atom. The van der Waals surface area contributed by atoms with Gasteiger partial charge in [0.25, 0.3) is 5.91 Å². The lowest BCUT2D eigenvalue weighted by atomic mass is 10.1. The normalized spacial score (nSPS) is 11.6. The maximum atomic E-state index is 12.0. The highest BCUT2D eigenvalue weighted by Gasteiger charge is 2.12. The summed E-state index contributed by atoms with van der Waals surface area (Å²) in [6.45, 7) is 4.26.